The van der Waals surface area contributed by atoms with Crippen molar-refractivity contribution in [2.45, 2.75) is 18.5 Å². The van der Waals surface area contributed by atoms with Crippen LogP contribution in [0.15, 0.2) is 42.6 Å². The summed E-state index contributed by atoms with van der Waals surface area (Å²) in [5.74, 6) is 1.07. The number of rotatable bonds is 0. The molecule has 0 bridgehead atoms. The van der Waals surface area contributed by atoms with E-state index in [1.165, 1.54) is 29.9 Å². The number of hydrogen-bond acceptors (Lipinski definition) is 1. The predicted octanol–water partition coefficient (Wildman–Crippen LogP) is 2.80. The summed E-state index contributed by atoms with van der Waals surface area (Å²) in [5, 5.41) is 0. The summed E-state index contributed by atoms with van der Waals surface area (Å²) in [4.78, 5) is 0. The van der Waals surface area contributed by atoms with Crippen molar-refractivity contribution in [3.8, 4) is 5.75 Å². The van der Waals surface area contributed by atoms with E-state index in [9.17, 15) is 0 Å². The molecule has 1 saturated heterocycles. The third-order valence-electron chi connectivity index (χ3n) is 4.96. The molecule has 3 nitrogen and oxygen atoms in total. The van der Waals surface area contributed by atoms with Crippen molar-refractivity contribution in [1.82, 2.24) is 4.23 Å². The minimum atomic E-state index is -2.65. The van der Waals surface area contributed by atoms with Crippen molar-refractivity contribution in [1.29, 1.82) is 0 Å². The van der Waals surface area contributed by atoms with Crippen molar-refractivity contribution in [3.63, 3.8) is 0 Å². The fourth-order valence-electron chi connectivity index (χ4n) is 4.02. The first-order chi connectivity index (χ1) is 8.82. The quantitative estimate of drug-likeness (QED) is 0.661. The van der Waals surface area contributed by atoms with Gasteiger partial charge in [-0.2, -0.15) is 0 Å². The van der Waals surface area contributed by atoms with Crippen molar-refractivity contribution in [2.24, 2.45) is 0 Å². The van der Waals surface area contributed by atoms with Gasteiger partial charge in [0.1, 0.15) is 0 Å². The van der Waals surface area contributed by atoms with Gasteiger partial charge < -0.3 is 0 Å². The number of fused-ring (bicyclic) bond motifs is 3. The molecule has 18 heavy (non-hydrogen) atoms. The second-order valence-electron chi connectivity index (χ2n) is 5.68. The number of benzene rings is 1. The standard InChI is InChI=1S/C14H14N2OSi/c1-2-7-14-13(6-1)16-11-12-5-3-8-15(12)18(16,17-14)9-4-10-18/h1-3,5-8,11H,4,9-10H2. The molecule has 5 rings (SSSR count). The molecular weight excluding hydrogens is 240 g/mol. The Hall–Kier alpha value is -1.81. The van der Waals surface area contributed by atoms with E-state index in [1.54, 1.807) is 0 Å². The van der Waals surface area contributed by atoms with Gasteiger partial charge in [-0.1, -0.05) is 0 Å². The summed E-state index contributed by atoms with van der Waals surface area (Å²) in [5.41, 5.74) is 2.56. The second kappa shape index (κ2) is 2.47. The van der Waals surface area contributed by atoms with Crippen LogP contribution in [0, 0.1) is 0 Å². The Bertz CT molecular complexity index is 727. The Morgan fingerprint density at radius 1 is 1.11 bits per heavy atom. The van der Waals surface area contributed by atoms with E-state index in [0.717, 1.165) is 5.75 Å². The van der Waals surface area contributed by atoms with Crippen LogP contribution in [0.5, 0.6) is 5.75 Å². The van der Waals surface area contributed by atoms with Crippen LogP contribution in [-0.2, 0) is 0 Å². The molecule has 0 atom stereocenters. The summed E-state index contributed by atoms with van der Waals surface area (Å²) < 4.78 is 11.6. The molecule has 0 radical (unpaired) electrons. The molecule has 1 fully saturated rings. The molecule has 3 aliphatic heterocycles. The molecule has 3 aliphatic rings. The molecule has 2 aromatic rings. The second-order valence-corrected chi connectivity index (χ2v) is 10.8. The van der Waals surface area contributed by atoms with Crippen molar-refractivity contribution >= 4 is 19.8 Å². The van der Waals surface area contributed by atoms with Crippen molar-refractivity contribution < 1.29 is 8.67 Å². The van der Waals surface area contributed by atoms with Gasteiger partial charge in [0, 0.05) is 0 Å². The first-order valence-electron chi connectivity index (χ1n) is 6.60. The average Bonchev–Trinajstić information content (AvgIpc) is 2.95. The average molecular weight is 254 g/mol. The number of hydrogen-bond donors (Lipinski definition) is 0. The molecule has 1 aromatic carbocycles. The van der Waals surface area contributed by atoms with Crippen LogP contribution in [-0.4, -0.2) is 22.6 Å². The first kappa shape index (κ1) is 9.16. The van der Waals surface area contributed by atoms with Gasteiger partial charge in [-0.05, 0) is 0 Å². The Balaban J connectivity index is 1.91. The maximum absolute atomic E-state index is 6.64. The fraction of sp³-hybridized carbons (Fsp3) is 0.214. The molecule has 0 unspecified atom stereocenters. The monoisotopic (exact) mass is 254 g/mol. The zero-order valence-electron chi connectivity index (χ0n) is 10.0. The first-order valence-corrected chi connectivity index (χ1v) is 9.31. The van der Waals surface area contributed by atoms with Crippen LogP contribution in [0.4, 0.5) is 5.69 Å². The maximum atomic E-state index is 6.64. The van der Waals surface area contributed by atoms with Gasteiger partial charge in [0.15, 0.2) is 0 Å². The van der Waals surface area contributed by atoms with Crippen molar-refractivity contribution in [3.05, 3.63) is 48.3 Å². The Morgan fingerprint density at radius 3 is 2.83 bits per heavy atom. The molecule has 0 N–H and O–H groups in total. The molecule has 1 aromatic heterocycles. The summed E-state index contributed by atoms with van der Waals surface area (Å²) in [6.45, 7) is 0. The molecule has 90 valence electrons. The predicted molar refractivity (Wildman–Crippen MR) is 72.0 cm³/mol. The number of para-hydroxylation sites is 2. The van der Waals surface area contributed by atoms with Gasteiger partial charge >= 0.3 is 105 Å². The molecule has 4 heterocycles. The number of aromatic nitrogens is 1. The third kappa shape index (κ3) is 0.704. The molecule has 1 spiro atoms. The third-order valence-corrected chi connectivity index (χ3v) is 11.3. The van der Waals surface area contributed by atoms with Crippen LogP contribution in [0.2, 0.25) is 12.1 Å². The van der Waals surface area contributed by atoms with E-state index in [2.05, 4.69) is 57.3 Å². The molecular formula is C14H14N2OSi. The SMILES string of the molecule is C1=[N+]2c3ccccc3O[Si-]23(CCC3)n2cccc21. The van der Waals surface area contributed by atoms with Gasteiger partial charge in [0.25, 0.3) is 0 Å². The van der Waals surface area contributed by atoms with E-state index in [1.807, 2.05) is 0 Å². The van der Waals surface area contributed by atoms with Gasteiger partial charge in [-0.15, -0.1) is 0 Å². The van der Waals surface area contributed by atoms with Crippen LogP contribution < -0.4 is 4.43 Å². The Labute approximate surface area is 106 Å². The minimum absolute atomic E-state index is 1.07. The number of nitrogens with zero attached hydrogens (tertiary/aromatic N) is 2. The van der Waals surface area contributed by atoms with Gasteiger partial charge in [-0.3, -0.25) is 0 Å². The van der Waals surface area contributed by atoms with E-state index in [0.29, 0.717) is 0 Å². The normalized spacial score (nSPS) is 26.0. The summed E-state index contributed by atoms with van der Waals surface area (Å²) in [6, 6.07) is 15.2. The van der Waals surface area contributed by atoms with Gasteiger partial charge in [-0.25, -0.2) is 0 Å². The topological polar surface area (TPSA) is 17.2 Å². The summed E-state index contributed by atoms with van der Waals surface area (Å²) in [7, 11) is -2.65. The zero-order chi connectivity index (χ0) is 11.8. The molecule has 0 amide bonds. The van der Waals surface area contributed by atoms with Crippen molar-refractivity contribution in [2.75, 3.05) is 0 Å². The Morgan fingerprint density at radius 2 is 2.00 bits per heavy atom. The molecule has 0 aliphatic carbocycles. The Kier molecular flexibility index (Phi) is 1.26. The van der Waals surface area contributed by atoms with E-state index in [-0.39, 0.29) is 0 Å². The van der Waals surface area contributed by atoms with Crippen LogP contribution in [0.25, 0.3) is 0 Å². The fourth-order valence-corrected chi connectivity index (χ4v) is 9.87. The van der Waals surface area contributed by atoms with Crippen LogP contribution >= 0.6 is 0 Å². The molecule has 4 heteroatoms. The van der Waals surface area contributed by atoms with E-state index in [4.69, 9.17) is 4.43 Å². The summed E-state index contributed by atoms with van der Waals surface area (Å²) in [6.07, 6.45) is 5.78. The zero-order valence-corrected chi connectivity index (χ0v) is 11.0. The van der Waals surface area contributed by atoms with Gasteiger partial charge in [0.05, 0.1) is 0 Å². The van der Waals surface area contributed by atoms with E-state index >= 15 is 0 Å². The van der Waals surface area contributed by atoms with E-state index < -0.39 is 7.92 Å². The summed E-state index contributed by atoms with van der Waals surface area (Å²) >= 11 is 0. The molecule has 0 saturated carbocycles. The van der Waals surface area contributed by atoms with Crippen LogP contribution in [0.1, 0.15) is 12.1 Å². The van der Waals surface area contributed by atoms with Gasteiger partial charge in [0.2, 0.25) is 0 Å². The van der Waals surface area contributed by atoms with Crippen LogP contribution in [0.3, 0.4) is 0 Å².